The molecule has 1 aromatic rings. The minimum atomic E-state index is -0.241. The Morgan fingerprint density at radius 1 is 1.17 bits per heavy atom. The maximum atomic E-state index is 12.9. The zero-order valence-electron chi connectivity index (χ0n) is 10.5. The van der Waals surface area contributed by atoms with E-state index in [1.54, 1.807) is 12.1 Å². The number of benzene rings is 1. The molecule has 0 spiro atoms. The van der Waals surface area contributed by atoms with Gasteiger partial charge in [-0.3, -0.25) is 0 Å². The smallest absolute Gasteiger partial charge is 0.126 e. The lowest BCUT2D eigenvalue weighted by Crippen LogP contribution is -2.24. The van der Waals surface area contributed by atoms with Crippen molar-refractivity contribution in [3.8, 4) is 5.75 Å². The van der Waals surface area contributed by atoms with E-state index in [1.165, 1.54) is 37.8 Å². The fourth-order valence-corrected chi connectivity index (χ4v) is 2.40. The van der Waals surface area contributed by atoms with Crippen molar-refractivity contribution >= 4 is 12.4 Å². The molecule has 0 unspecified atom stereocenters. The summed E-state index contributed by atoms with van der Waals surface area (Å²) in [5.41, 5.74) is 5.66. The first-order valence-electron chi connectivity index (χ1n) is 6.36. The average molecular weight is 274 g/mol. The van der Waals surface area contributed by atoms with Crippen molar-refractivity contribution in [1.82, 2.24) is 0 Å². The molecule has 1 aliphatic rings. The van der Waals surface area contributed by atoms with Gasteiger partial charge < -0.3 is 10.5 Å². The summed E-state index contributed by atoms with van der Waals surface area (Å²) >= 11 is 0. The van der Waals surface area contributed by atoms with E-state index in [-0.39, 0.29) is 18.2 Å². The molecule has 2 N–H and O–H groups in total. The van der Waals surface area contributed by atoms with Crippen molar-refractivity contribution in [2.75, 3.05) is 13.2 Å². The minimum absolute atomic E-state index is 0. The monoisotopic (exact) mass is 273 g/mol. The maximum Gasteiger partial charge on any atom is 0.126 e. The first-order valence-corrected chi connectivity index (χ1v) is 6.36. The molecule has 4 heteroatoms. The second-order valence-corrected chi connectivity index (χ2v) is 4.89. The Bertz CT molecular complexity index is 353. The highest BCUT2D eigenvalue weighted by atomic mass is 35.5. The van der Waals surface area contributed by atoms with E-state index in [0.29, 0.717) is 24.2 Å². The highest BCUT2D eigenvalue weighted by molar-refractivity contribution is 5.85. The molecule has 1 fully saturated rings. The summed E-state index contributed by atoms with van der Waals surface area (Å²) in [6.45, 7) is 1.50. The molecular weight excluding hydrogens is 253 g/mol. The van der Waals surface area contributed by atoms with Crippen LogP contribution in [-0.4, -0.2) is 13.2 Å². The van der Waals surface area contributed by atoms with Crippen LogP contribution >= 0.6 is 12.4 Å². The van der Waals surface area contributed by atoms with E-state index in [9.17, 15) is 4.39 Å². The first-order chi connectivity index (χ1) is 8.28. The van der Waals surface area contributed by atoms with Crippen molar-refractivity contribution in [2.24, 2.45) is 17.6 Å². The van der Waals surface area contributed by atoms with Gasteiger partial charge in [-0.2, -0.15) is 0 Å². The molecule has 1 aliphatic carbocycles. The molecule has 2 nitrogen and oxygen atoms in total. The Hall–Kier alpha value is -0.800. The third-order valence-corrected chi connectivity index (χ3v) is 3.58. The molecule has 18 heavy (non-hydrogen) atoms. The van der Waals surface area contributed by atoms with Crippen molar-refractivity contribution in [2.45, 2.75) is 25.7 Å². The van der Waals surface area contributed by atoms with Crippen LogP contribution in [0.25, 0.3) is 0 Å². The van der Waals surface area contributed by atoms with Crippen LogP contribution in [0.15, 0.2) is 24.3 Å². The predicted octanol–water partition coefficient (Wildman–Crippen LogP) is 3.39. The summed E-state index contributed by atoms with van der Waals surface area (Å²) in [7, 11) is 0. The quantitative estimate of drug-likeness (QED) is 0.913. The second-order valence-electron chi connectivity index (χ2n) is 4.89. The minimum Gasteiger partial charge on any atom is -0.493 e. The molecule has 1 saturated carbocycles. The Morgan fingerprint density at radius 3 is 2.44 bits per heavy atom. The van der Waals surface area contributed by atoms with Gasteiger partial charge in [-0.25, -0.2) is 4.39 Å². The molecular formula is C14H21ClFNO. The lowest BCUT2D eigenvalue weighted by atomic mass is 9.82. The topological polar surface area (TPSA) is 35.2 Å². The molecule has 2 rings (SSSR count). The van der Waals surface area contributed by atoms with Gasteiger partial charge in [-0.05, 0) is 56.2 Å². The van der Waals surface area contributed by atoms with Gasteiger partial charge in [0.2, 0.25) is 0 Å². The summed E-state index contributed by atoms with van der Waals surface area (Å²) in [5, 5.41) is 0. The number of halogens is 2. The largest absolute Gasteiger partial charge is 0.493 e. The average Bonchev–Trinajstić information content (AvgIpc) is 2.37. The highest BCUT2D eigenvalue weighted by Crippen LogP contribution is 2.28. The summed E-state index contributed by atoms with van der Waals surface area (Å²) in [5.74, 6) is 1.68. The molecule has 0 saturated heterocycles. The van der Waals surface area contributed by atoms with Gasteiger partial charge in [0.1, 0.15) is 11.6 Å². The van der Waals surface area contributed by atoms with Crippen LogP contribution in [0, 0.1) is 17.7 Å². The van der Waals surface area contributed by atoms with Crippen molar-refractivity contribution in [1.29, 1.82) is 0 Å². The predicted molar refractivity (Wildman–Crippen MR) is 73.6 cm³/mol. The Kier molecular flexibility index (Phi) is 6.44. The Morgan fingerprint density at radius 2 is 1.83 bits per heavy atom. The van der Waals surface area contributed by atoms with Gasteiger partial charge in [0.05, 0.1) is 6.61 Å². The van der Waals surface area contributed by atoms with Crippen LogP contribution in [0.1, 0.15) is 25.7 Å². The third kappa shape index (κ3) is 4.46. The molecule has 0 aromatic heterocycles. The number of ether oxygens (including phenoxy) is 1. The summed E-state index contributed by atoms with van der Waals surface area (Å²) in [6, 6.07) is 6.34. The molecule has 0 atom stereocenters. The fraction of sp³-hybridized carbons (Fsp3) is 0.571. The zero-order chi connectivity index (χ0) is 12.1. The number of rotatable bonds is 4. The number of hydrogen-bond donors (Lipinski definition) is 1. The van der Waals surface area contributed by atoms with Crippen LogP contribution < -0.4 is 10.5 Å². The van der Waals surface area contributed by atoms with Gasteiger partial charge >= 0.3 is 0 Å². The van der Waals surface area contributed by atoms with E-state index in [1.807, 2.05) is 0 Å². The van der Waals surface area contributed by atoms with Crippen molar-refractivity contribution in [3.63, 3.8) is 0 Å². The summed E-state index contributed by atoms with van der Waals surface area (Å²) in [6.07, 6.45) is 4.76. The lowest BCUT2D eigenvalue weighted by Gasteiger charge is -2.27. The molecule has 0 bridgehead atoms. The van der Waals surface area contributed by atoms with Crippen molar-refractivity contribution in [3.05, 3.63) is 30.1 Å². The highest BCUT2D eigenvalue weighted by Gasteiger charge is 2.20. The standard InChI is InChI=1S/C14H20FNO.ClH/c15-13-2-1-3-14(8-13)17-10-12-6-4-11(9-16)5-7-12;/h1-3,8,11-12H,4-7,9-10,16H2;1H/t11-,12+;. The van der Waals surface area contributed by atoms with Crippen LogP contribution in [0.3, 0.4) is 0 Å². The summed E-state index contributed by atoms with van der Waals surface area (Å²) in [4.78, 5) is 0. The van der Waals surface area contributed by atoms with Gasteiger partial charge in [-0.15, -0.1) is 12.4 Å². The van der Waals surface area contributed by atoms with E-state index in [0.717, 1.165) is 6.54 Å². The van der Waals surface area contributed by atoms with Crippen LogP contribution in [0.4, 0.5) is 4.39 Å². The van der Waals surface area contributed by atoms with Crippen LogP contribution in [0.2, 0.25) is 0 Å². The Labute approximate surface area is 114 Å². The summed E-state index contributed by atoms with van der Waals surface area (Å²) < 4.78 is 18.6. The van der Waals surface area contributed by atoms with E-state index >= 15 is 0 Å². The van der Waals surface area contributed by atoms with Crippen LogP contribution in [-0.2, 0) is 0 Å². The molecule has 1 aromatic carbocycles. The van der Waals surface area contributed by atoms with E-state index < -0.39 is 0 Å². The molecule has 102 valence electrons. The van der Waals surface area contributed by atoms with Crippen LogP contribution in [0.5, 0.6) is 5.75 Å². The van der Waals surface area contributed by atoms with Gasteiger partial charge in [0, 0.05) is 6.07 Å². The molecule has 0 heterocycles. The lowest BCUT2D eigenvalue weighted by molar-refractivity contribution is 0.184. The van der Waals surface area contributed by atoms with E-state index in [4.69, 9.17) is 10.5 Å². The van der Waals surface area contributed by atoms with Gasteiger partial charge in [0.15, 0.2) is 0 Å². The van der Waals surface area contributed by atoms with Gasteiger partial charge in [0.25, 0.3) is 0 Å². The molecule has 0 aliphatic heterocycles. The molecule has 0 amide bonds. The number of nitrogens with two attached hydrogens (primary N) is 1. The first kappa shape index (κ1) is 15.3. The second kappa shape index (κ2) is 7.59. The van der Waals surface area contributed by atoms with E-state index in [2.05, 4.69) is 0 Å². The molecule has 0 radical (unpaired) electrons. The Balaban J connectivity index is 0.00000162. The maximum absolute atomic E-state index is 12.9. The fourth-order valence-electron chi connectivity index (χ4n) is 2.40. The zero-order valence-corrected chi connectivity index (χ0v) is 11.3. The third-order valence-electron chi connectivity index (χ3n) is 3.58. The van der Waals surface area contributed by atoms with Crippen molar-refractivity contribution < 1.29 is 9.13 Å². The normalized spacial score (nSPS) is 23.2. The SMILES string of the molecule is Cl.NC[C@H]1CC[C@@H](COc2cccc(F)c2)CC1. The number of hydrogen-bond acceptors (Lipinski definition) is 2. The van der Waals surface area contributed by atoms with Gasteiger partial charge in [-0.1, -0.05) is 6.07 Å².